The van der Waals surface area contributed by atoms with Crippen LogP contribution in [0.4, 0.5) is 11.8 Å². The van der Waals surface area contributed by atoms with Crippen molar-refractivity contribution in [2.75, 3.05) is 31.8 Å². The molecule has 0 radical (unpaired) electrons. The van der Waals surface area contributed by atoms with Gasteiger partial charge in [0.1, 0.15) is 19.0 Å². The molecule has 2 aromatic carbocycles. The molecule has 4 N–H and O–H groups in total. The van der Waals surface area contributed by atoms with E-state index in [1.54, 1.807) is 24.3 Å². The lowest BCUT2D eigenvalue weighted by Crippen LogP contribution is -2.15. The summed E-state index contributed by atoms with van der Waals surface area (Å²) < 4.78 is 16.0. The van der Waals surface area contributed by atoms with Gasteiger partial charge in [0.25, 0.3) is 0 Å². The number of hydrogen-bond acceptors (Lipinski definition) is 8. The number of ether oxygens (including phenoxy) is 3. The van der Waals surface area contributed by atoms with Crippen LogP contribution in [0.15, 0.2) is 42.5 Å². The van der Waals surface area contributed by atoms with Gasteiger partial charge in [-0.15, -0.1) is 0 Å². The first-order valence-electron chi connectivity index (χ1n) is 8.58. The molecule has 142 valence electrons. The highest BCUT2D eigenvalue weighted by atomic mass is 16.6. The molecule has 0 bridgehead atoms. The van der Waals surface area contributed by atoms with E-state index in [0.717, 1.165) is 11.1 Å². The van der Waals surface area contributed by atoms with Gasteiger partial charge in [-0.25, -0.2) is 9.78 Å². The SMILES string of the molecule is COC(=O)c1ccc(-c2c(N)nc(N)nc2-c2ccc3c(c2)OCCO3)cc1. The third-order valence-electron chi connectivity index (χ3n) is 4.36. The molecule has 0 aliphatic carbocycles. The molecule has 0 saturated heterocycles. The number of nitrogens with two attached hydrogens (primary N) is 2. The Hall–Kier alpha value is -3.81. The van der Waals surface area contributed by atoms with Crippen molar-refractivity contribution >= 4 is 17.7 Å². The second-order valence-corrected chi connectivity index (χ2v) is 6.12. The van der Waals surface area contributed by atoms with Crippen LogP contribution in [0.3, 0.4) is 0 Å². The van der Waals surface area contributed by atoms with E-state index < -0.39 is 5.97 Å². The first kappa shape index (κ1) is 17.6. The van der Waals surface area contributed by atoms with Gasteiger partial charge >= 0.3 is 5.97 Å². The van der Waals surface area contributed by atoms with Crippen LogP contribution in [-0.4, -0.2) is 36.3 Å². The zero-order valence-corrected chi connectivity index (χ0v) is 15.1. The molecule has 0 spiro atoms. The second kappa shape index (κ2) is 7.07. The van der Waals surface area contributed by atoms with Gasteiger partial charge in [-0.2, -0.15) is 4.98 Å². The van der Waals surface area contributed by atoms with E-state index >= 15 is 0 Å². The van der Waals surface area contributed by atoms with E-state index in [2.05, 4.69) is 9.97 Å². The average Bonchev–Trinajstić information content (AvgIpc) is 2.72. The number of fused-ring (bicyclic) bond motifs is 1. The Labute approximate surface area is 161 Å². The highest BCUT2D eigenvalue weighted by molar-refractivity contribution is 5.92. The lowest BCUT2D eigenvalue weighted by atomic mass is 9.98. The third-order valence-corrected chi connectivity index (χ3v) is 4.36. The lowest BCUT2D eigenvalue weighted by molar-refractivity contribution is 0.0601. The number of rotatable bonds is 3. The summed E-state index contributed by atoms with van der Waals surface area (Å²) in [5.41, 5.74) is 15.1. The minimum atomic E-state index is -0.417. The number of carbonyl (C=O) groups excluding carboxylic acids is 1. The minimum Gasteiger partial charge on any atom is -0.486 e. The molecule has 1 aliphatic rings. The molecule has 0 amide bonds. The van der Waals surface area contributed by atoms with Gasteiger partial charge in [0.05, 0.1) is 23.9 Å². The van der Waals surface area contributed by atoms with Crippen molar-refractivity contribution in [2.24, 2.45) is 0 Å². The molecule has 8 heteroatoms. The molecular formula is C20H18N4O4. The zero-order chi connectivity index (χ0) is 19.7. The summed E-state index contributed by atoms with van der Waals surface area (Å²) in [4.78, 5) is 20.2. The summed E-state index contributed by atoms with van der Waals surface area (Å²) in [7, 11) is 1.34. The van der Waals surface area contributed by atoms with Crippen molar-refractivity contribution in [1.82, 2.24) is 9.97 Å². The van der Waals surface area contributed by atoms with Crippen LogP contribution in [0.2, 0.25) is 0 Å². The molecule has 1 aromatic heterocycles. The Morgan fingerprint density at radius 1 is 0.964 bits per heavy atom. The van der Waals surface area contributed by atoms with Crippen LogP contribution in [0, 0.1) is 0 Å². The Morgan fingerprint density at radius 2 is 1.64 bits per heavy atom. The highest BCUT2D eigenvalue weighted by Crippen LogP contribution is 2.39. The number of nitrogens with zero attached hydrogens (tertiary/aromatic N) is 2. The largest absolute Gasteiger partial charge is 0.486 e. The van der Waals surface area contributed by atoms with Crippen molar-refractivity contribution in [2.45, 2.75) is 0 Å². The summed E-state index contributed by atoms with van der Waals surface area (Å²) in [6, 6.07) is 12.4. The molecule has 28 heavy (non-hydrogen) atoms. The number of nitrogen functional groups attached to an aromatic ring is 2. The Morgan fingerprint density at radius 3 is 2.36 bits per heavy atom. The van der Waals surface area contributed by atoms with Crippen LogP contribution in [0.5, 0.6) is 11.5 Å². The first-order chi connectivity index (χ1) is 13.6. The fraction of sp³-hybridized carbons (Fsp3) is 0.150. The van der Waals surface area contributed by atoms with E-state index in [0.29, 0.717) is 41.5 Å². The third kappa shape index (κ3) is 3.16. The monoisotopic (exact) mass is 378 g/mol. The maximum atomic E-state index is 11.7. The average molecular weight is 378 g/mol. The normalized spacial score (nSPS) is 12.5. The number of hydrogen-bond donors (Lipinski definition) is 2. The van der Waals surface area contributed by atoms with Crippen LogP contribution < -0.4 is 20.9 Å². The number of aromatic nitrogens is 2. The van der Waals surface area contributed by atoms with E-state index in [1.165, 1.54) is 7.11 Å². The maximum absolute atomic E-state index is 11.7. The van der Waals surface area contributed by atoms with E-state index in [4.69, 9.17) is 25.7 Å². The molecule has 2 heterocycles. The molecule has 3 aromatic rings. The van der Waals surface area contributed by atoms with Gasteiger partial charge in [-0.05, 0) is 35.9 Å². The Kier molecular flexibility index (Phi) is 4.44. The van der Waals surface area contributed by atoms with Crippen molar-refractivity contribution in [3.05, 3.63) is 48.0 Å². The minimum absolute atomic E-state index is 0.0670. The van der Waals surface area contributed by atoms with Crippen molar-refractivity contribution in [3.8, 4) is 33.9 Å². The van der Waals surface area contributed by atoms with E-state index in [1.807, 2.05) is 18.2 Å². The molecule has 0 fully saturated rings. The molecular weight excluding hydrogens is 360 g/mol. The van der Waals surface area contributed by atoms with Gasteiger partial charge in [0.2, 0.25) is 5.95 Å². The fourth-order valence-electron chi connectivity index (χ4n) is 3.07. The van der Waals surface area contributed by atoms with Gasteiger partial charge in [-0.1, -0.05) is 12.1 Å². The number of esters is 1. The summed E-state index contributed by atoms with van der Waals surface area (Å²) >= 11 is 0. The summed E-state index contributed by atoms with van der Waals surface area (Å²) in [6.07, 6.45) is 0. The molecule has 1 aliphatic heterocycles. The predicted molar refractivity (Wildman–Crippen MR) is 104 cm³/mol. The molecule has 8 nitrogen and oxygen atoms in total. The standard InChI is InChI=1S/C20H18N4O4/c1-26-19(25)12-4-2-11(3-5-12)16-17(23-20(22)24-18(16)21)13-6-7-14-15(10-13)28-9-8-27-14/h2-7,10H,8-9H2,1H3,(H4,21,22,23,24). The van der Waals surface area contributed by atoms with Crippen molar-refractivity contribution in [3.63, 3.8) is 0 Å². The quantitative estimate of drug-likeness (QED) is 0.667. The molecule has 0 atom stereocenters. The number of anilines is 2. The van der Waals surface area contributed by atoms with Gasteiger partial charge in [-0.3, -0.25) is 0 Å². The van der Waals surface area contributed by atoms with Crippen LogP contribution in [0.25, 0.3) is 22.4 Å². The molecule has 4 rings (SSSR count). The zero-order valence-electron chi connectivity index (χ0n) is 15.1. The predicted octanol–water partition coefficient (Wildman–Crippen LogP) is 2.53. The Balaban J connectivity index is 1.84. The van der Waals surface area contributed by atoms with Gasteiger partial charge in [0.15, 0.2) is 11.5 Å². The van der Waals surface area contributed by atoms with Gasteiger partial charge < -0.3 is 25.7 Å². The summed E-state index contributed by atoms with van der Waals surface area (Å²) in [6.45, 7) is 0.990. The van der Waals surface area contributed by atoms with Crippen LogP contribution in [0.1, 0.15) is 10.4 Å². The number of benzene rings is 2. The summed E-state index contributed by atoms with van der Waals surface area (Å²) in [5, 5.41) is 0. The number of methoxy groups -OCH3 is 1. The highest BCUT2D eigenvalue weighted by Gasteiger charge is 2.19. The summed E-state index contributed by atoms with van der Waals surface area (Å²) in [5.74, 6) is 1.20. The topological polar surface area (TPSA) is 123 Å². The van der Waals surface area contributed by atoms with E-state index in [-0.39, 0.29) is 11.8 Å². The molecule has 0 unspecified atom stereocenters. The van der Waals surface area contributed by atoms with Gasteiger partial charge in [0, 0.05) is 5.56 Å². The van der Waals surface area contributed by atoms with Crippen molar-refractivity contribution in [1.29, 1.82) is 0 Å². The Bertz CT molecular complexity index is 1050. The van der Waals surface area contributed by atoms with Crippen molar-refractivity contribution < 1.29 is 19.0 Å². The first-order valence-corrected chi connectivity index (χ1v) is 8.58. The maximum Gasteiger partial charge on any atom is 0.337 e. The lowest BCUT2D eigenvalue weighted by Gasteiger charge is -2.19. The smallest absolute Gasteiger partial charge is 0.337 e. The van der Waals surface area contributed by atoms with Crippen LogP contribution in [-0.2, 0) is 4.74 Å². The van der Waals surface area contributed by atoms with E-state index in [9.17, 15) is 4.79 Å². The molecule has 0 saturated carbocycles. The fourth-order valence-corrected chi connectivity index (χ4v) is 3.07. The van der Waals surface area contributed by atoms with Crippen LogP contribution >= 0.6 is 0 Å². The number of carbonyl (C=O) groups is 1. The second-order valence-electron chi connectivity index (χ2n) is 6.12.